The van der Waals surface area contributed by atoms with Crippen LogP contribution in [0.25, 0.3) is 17.0 Å². The molecule has 1 N–H and O–H groups in total. The average molecular weight is 277 g/mol. The lowest BCUT2D eigenvalue weighted by Crippen LogP contribution is -1.97. The molecule has 0 aliphatic heterocycles. The average Bonchev–Trinajstić information content (AvgIpc) is 2.85. The Morgan fingerprint density at radius 2 is 1.76 bits per heavy atom. The Bertz CT molecular complexity index is 800. The Morgan fingerprint density at radius 1 is 1.05 bits per heavy atom. The molecule has 1 aromatic heterocycles. The summed E-state index contributed by atoms with van der Waals surface area (Å²) >= 11 is 0. The van der Waals surface area contributed by atoms with Crippen LogP contribution in [0.5, 0.6) is 0 Å². The Kier molecular flexibility index (Phi) is 3.56. The van der Waals surface area contributed by atoms with Gasteiger partial charge in [0.2, 0.25) is 0 Å². The van der Waals surface area contributed by atoms with Crippen LogP contribution in [0.3, 0.4) is 0 Å². The van der Waals surface area contributed by atoms with E-state index in [1.54, 1.807) is 6.08 Å². The van der Waals surface area contributed by atoms with Crippen molar-refractivity contribution in [1.29, 1.82) is 0 Å². The number of hydrogen-bond donors (Lipinski definition) is 1. The molecular weight excluding hydrogens is 262 g/mol. The minimum Gasteiger partial charge on any atom is -0.478 e. The summed E-state index contributed by atoms with van der Waals surface area (Å²) in [7, 11) is 0. The second-order valence-electron chi connectivity index (χ2n) is 4.89. The van der Waals surface area contributed by atoms with Crippen LogP contribution in [0, 0.1) is 0 Å². The van der Waals surface area contributed by atoms with E-state index in [9.17, 15) is 4.79 Å². The molecule has 2 aromatic carbocycles. The van der Waals surface area contributed by atoms with Gasteiger partial charge in [-0.15, -0.1) is 0 Å². The fourth-order valence-electron chi connectivity index (χ4n) is 2.48. The van der Waals surface area contributed by atoms with Crippen molar-refractivity contribution in [3.8, 4) is 0 Å². The maximum atomic E-state index is 10.7. The highest BCUT2D eigenvalue weighted by Gasteiger charge is 2.06. The van der Waals surface area contributed by atoms with E-state index < -0.39 is 5.97 Å². The van der Waals surface area contributed by atoms with Gasteiger partial charge < -0.3 is 9.67 Å². The third kappa shape index (κ3) is 2.87. The van der Waals surface area contributed by atoms with E-state index in [-0.39, 0.29) is 0 Å². The first-order valence-corrected chi connectivity index (χ1v) is 6.77. The maximum Gasteiger partial charge on any atom is 0.328 e. The van der Waals surface area contributed by atoms with E-state index >= 15 is 0 Å². The summed E-state index contributed by atoms with van der Waals surface area (Å²) in [5.74, 6) is -0.935. The summed E-state index contributed by atoms with van der Waals surface area (Å²) in [6.45, 7) is 0.766. The number of carboxylic acids is 1. The molecule has 3 rings (SSSR count). The summed E-state index contributed by atoms with van der Waals surface area (Å²) in [6.07, 6.45) is 4.82. The first-order chi connectivity index (χ1) is 10.2. The molecule has 21 heavy (non-hydrogen) atoms. The zero-order valence-corrected chi connectivity index (χ0v) is 11.4. The number of rotatable bonds is 4. The van der Waals surface area contributed by atoms with Crippen LogP contribution in [-0.4, -0.2) is 15.6 Å². The standard InChI is InChI=1S/C18H15NO2/c20-18(21)11-10-15-13-19(12-14-6-2-1-3-7-14)17-9-5-4-8-16(15)17/h1-11,13H,12H2,(H,20,21). The molecule has 0 amide bonds. The first-order valence-electron chi connectivity index (χ1n) is 6.77. The summed E-state index contributed by atoms with van der Waals surface area (Å²) in [5.41, 5.74) is 3.24. The van der Waals surface area contributed by atoms with Gasteiger partial charge in [0, 0.05) is 35.3 Å². The van der Waals surface area contributed by atoms with Crippen molar-refractivity contribution >= 4 is 22.9 Å². The van der Waals surface area contributed by atoms with Gasteiger partial charge in [0.05, 0.1) is 0 Å². The molecule has 0 unspecified atom stereocenters. The summed E-state index contributed by atoms with van der Waals surface area (Å²) < 4.78 is 2.15. The van der Waals surface area contributed by atoms with E-state index in [4.69, 9.17) is 5.11 Å². The van der Waals surface area contributed by atoms with Gasteiger partial charge in [-0.05, 0) is 17.7 Å². The fraction of sp³-hybridized carbons (Fsp3) is 0.0556. The molecule has 0 atom stereocenters. The third-order valence-corrected chi connectivity index (χ3v) is 3.42. The number of carbonyl (C=O) groups is 1. The first kappa shape index (κ1) is 13.2. The van der Waals surface area contributed by atoms with Gasteiger partial charge in [0.15, 0.2) is 0 Å². The van der Waals surface area contributed by atoms with E-state index in [1.165, 1.54) is 11.6 Å². The lowest BCUT2D eigenvalue weighted by molar-refractivity contribution is -0.131. The minimum atomic E-state index is -0.935. The number of hydrogen-bond acceptors (Lipinski definition) is 1. The molecular formula is C18H15NO2. The minimum absolute atomic E-state index is 0.766. The van der Waals surface area contributed by atoms with Crippen LogP contribution in [0.4, 0.5) is 0 Å². The normalized spacial score (nSPS) is 11.2. The monoisotopic (exact) mass is 277 g/mol. The second kappa shape index (κ2) is 5.67. The quantitative estimate of drug-likeness (QED) is 0.737. The zero-order chi connectivity index (χ0) is 14.7. The number of carboxylic acid groups (broad SMARTS) is 1. The van der Waals surface area contributed by atoms with Crippen LogP contribution >= 0.6 is 0 Å². The predicted octanol–water partition coefficient (Wildman–Crippen LogP) is 3.79. The summed E-state index contributed by atoms with van der Waals surface area (Å²) in [4.78, 5) is 10.7. The molecule has 0 saturated carbocycles. The Labute approximate surface area is 122 Å². The van der Waals surface area contributed by atoms with Gasteiger partial charge in [-0.3, -0.25) is 0 Å². The predicted molar refractivity (Wildman–Crippen MR) is 84.2 cm³/mol. The van der Waals surface area contributed by atoms with Crippen LogP contribution in [-0.2, 0) is 11.3 Å². The van der Waals surface area contributed by atoms with Crippen LogP contribution < -0.4 is 0 Å². The number of benzene rings is 2. The van der Waals surface area contributed by atoms with Crippen molar-refractivity contribution in [2.24, 2.45) is 0 Å². The highest BCUT2D eigenvalue weighted by atomic mass is 16.4. The molecule has 3 nitrogen and oxygen atoms in total. The third-order valence-electron chi connectivity index (χ3n) is 3.42. The SMILES string of the molecule is O=C(O)C=Cc1cn(Cc2ccccc2)c2ccccc12. The van der Waals surface area contributed by atoms with Crippen LogP contribution in [0.1, 0.15) is 11.1 Å². The zero-order valence-electron chi connectivity index (χ0n) is 11.4. The number of nitrogens with zero attached hydrogens (tertiary/aromatic N) is 1. The Morgan fingerprint density at radius 3 is 2.52 bits per heavy atom. The molecule has 104 valence electrons. The molecule has 0 spiro atoms. The fourth-order valence-corrected chi connectivity index (χ4v) is 2.48. The molecule has 3 aromatic rings. The molecule has 1 heterocycles. The van der Waals surface area contributed by atoms with Crippen molar-refractivity contribution in [2.75, 3.05) is 0 Å². The van der Waals surface area contributed by atoms with Crippen LogP contribution in [0.15, 0.2) is 66.9 Å². The second-order valence-corrected chi connectivity index (χ2v) is 4.89. The molecule has 3 heteroatoms. The van der Waals surface area contributed by atoms with Crippen molar-refractivity contribution in [3.05, 3.63) is 78.0 Å². The van der Waals surface area contributed by atoms with Crippen molar-refractivity contribution in [2.45, 2.75) is 6.54 Å². The lowest BCUT2D eigenvalue weighted by atomic mass is 10.1. The summed E-state index contributed by atoms with van der Waals surface area (Å²) in [6, 6.07) is 18.2. The maximum absolute atomic E-state index is 10.7. The number of aliphatic carboxylic acids is 1. The van der Waals surface area contributed by atoms with Gasteiger partial charge in [0.25, 0.3) is 0 Å². The lowest BCUT2D eigenvalue weighted by Gasteiger charge is -2.05. The largest absolute Gasteiger partial charge is 0.478 e. The molecule has 0 radical (unpaired) electrons. The van der Waals surface area contributed by atoms with E-state index in [0.717, 1.165) is 23.0 Å². The van der Waals surface area contributed by atoms with Crippen LogP contribution in [0.2, 0.25) is 0 Å². The number of aromatic nitrogens is 1. The number of para-hydroxylation sites is 1. The topological polar surface area (TPSA) is 42.2 Å². The van der Waals surface area contributed by atoms with Gasteiger partial charge in [0.1, 0.15) is 0 Å². The van der Waals surface area contributed by atoms with Crippen molar-refractivity contribution in [1.82, 2.24) is 4.57 Å². The Hall–Kier alpha value is -2.81. The van der Waals surface area contributed by atoms with Gasteiger partial charge in [-0.25, -0.2) is 4.79 Å². The highest BCUT2D eigenvalue weighted by Crippen LogP contribution is 2.23. The van der Waals surface area contributed by atoms with E-state index in [0.29, 0.717) is 0 Å². The number of fused-ring (bicyclic) bond motifs is 1. The Balaban J connectivity index is 2.05. The molecule has 0 bridgehead atoms. The smallest absolute Gasteiger partial charge is 0.328 e. The molecule has 0 aliphatic rings. The highest BCUT2D eigenvalue weighted by molar-refractivity contribution is 5.93. The van der Waals surface area contributed by atoms with E-state index in [2.05, 4.69) is 22.8 Å². The molecule has 0 aliphatic carbocycles. The van der Waals surface area contributed by atoms with Gasteiger partial charge in [-0.1, -0.05) is 48.5 Å². The van der Waals surface area contributed by atoms with Gasteiger partial charge >= 0.3 is 5.97 Å². The van der Waals surface area contributed by atoms with E-state index in [1.807, 2.05) is 42.6 Å². The summed E-state index contributed by atoms with van der Waals surface area (Å²) in [5, 5.41) is 9.86. The molecule has 0 saturated heterocycles. The van der Waals surface area contributed by atoms with Crippen molar-refractivity contribution < 1.29 is 9.90 Å². The molecule has 0 fully saturated rings. The van der Waals surface area contributed by atoms with Gasteiger partial charge in [-0.2, -0.15) is 0 Å². The van der Waals surface area contributed by atoms with Crippen molar-refractivity contribution in [3.63, 3.8) is 0 Å².